The van der Waals surface area contributed by atoms with Crippen LogP contribution in [-0.4, -0.2) is 114 Å². The van der Waals surface area contributed by atoms with Gasteiger partial charge in [0.2, 0.25) is 17.7 Å². The van der Waals surface area contributed by atoms with E-state index in [1.807, 2.05) is 30.3 Å². The molecule has 0 aliphatic carbocycles. The molecule has 1 aromatic carbocycles. The van der Waals surface area contributed by atoms with Crippen LogP contribution in [0.25, 0.3) is 0 Å². The second-order valence-corrected chi connectivity index (χ2v) is 11.1. The van der Waals surface area contributed by atoms with E-state index in [1.165, 1.54) is 0 Å². The Balaban J connectivity index is 1.83. The first-order valence-electron chi connectivity index (χ1n) is 15.8. The number of carbonyl (C=O) groups is 5. The second kappa shape index (κ2) is 26.3. The fraction of sp³-hybridized carbons (Fsp3) is 0.656. The third-order valence-corrected chi connectivity index (χ3v) is 5.73. The third kappa shape index (κ3) is 27.1. The maximum absolute atomic E-state index is 11.9. The Labute approximate surface area is 277 Å². The van der Waals surface area contributed by atoms with Gasteiger partial charge in [-0.05, 0) is 26.3 Å². The number of ether oxygens (including phenoxy) is 6. The van der Waals surface area contributed by atoms with Crippen LogP contribution in [0.3, 0.4) is 0 Å². The predicted octanol–water partition coefficient (Wildman–Crippen LogP) is 1.23. The first-order valence-corrected chi connectivity index (χ1v) is 15.8. The molecular formula is C32H52N4O11. The van der Waals surface area contributed by atoms with Gasteiger partial charge in [-0.1, -0.05) is 30.3 Å². The highest BCUT2D eigenvalue weighted by molar-refractivity contribution is 5.83. The molecule has 0 fully saturated rings. The molecule has 0 bridgehead atoms. The quantitative estimate of drug-likeness (QED) is 0.0821. The van der Waals surface area contributed by atoms with Crippen LogP contribution in [0.1, 0.15) is 52.0 Å². The lowest BCUT2D eigenvalue weighted by Gasteiger charge is -2.19. The number of hydrogen-bond donors (Lipinski definition) is 4. The van der Waals surface area contributed by atoms with Gasteiger partial charge in [-0.2, -0.15) is 0 Å². The van der Waals surface area contributed by atoms with Crippen LogP contribution in [0.2, 0.25) is 0 Å². The molecule has 4 N–H and O–H groups in total. The normalized spacial score (nSPS) is 11.0. The molecule has 0 aromatic heterocycles. The van der Waals surface area contributed by atoms with Crippen LogP contribution in [-0.2, 0) is 54.2 Å². The average molecular weight is 669 g/mol. The fourth-order valence-corrected chi connectivity index (χ4v) is 3.53. The number of esters is 1. The highest BCUT2D eigenvalue weighted by Crippen LogP contribution is 2.09. The van der Waals surface area contributed by atoms with Gasteiger partial charge in [0, 0.05) is 45.4 Å². The molecule has 0 aliphatic heterocycles. The monoisotopic (exact) mass is 668 g/mol. The maximum atomic E-state index is 11.9. The summed E-state index contributed by atoms with van der Waals surface area (Å²) in [6.07, 6.45) is -0.321. The third-order valence-electron chi connectivity index (χ3n) is 5.73. The lowest BCUT2D eigenvalue weighted by atomic mass is 10.2. The summed E-state index contributed by atoms with van der Waals surface area (Å²) < 4.78 is 31.8. The van der Waals surface area contributed by atoms with Gasteiger partial charge in [0.15, 0.2) is 0 Å². The summed E-state index contributed by atoms with van der Waals surface area (Å²) in [5.74, 6) is -1.17. The second-order valence-electron chi connectivity index (χ2n) is 11.1. The molecule has 0 aliphatic rings. The summed E-state index contributed by atoms with van der Waals surface area (Å²) in [6, 6.07) is 9.39. The van der Waals surface area contributed by atoms with Gasteiger partial charge in [0.1, 0.15) is 12.2 Å². The number of amides is 4. The zero-order chi connectivity index (χ0) is 34.6. The van der Waals surface area contributed by atoms with Gasteiger partial charge in [-0.3, -0.25) is 19.2 Å². The Morgan fingerprint density at radius 3 is 1.38 bits per heavy atom. The van der Waals surface area contributed by atoms with Crippen LogP contribution >= 0.6 is 0 Å². The van der Waals surface area contributed by atoms with Crippen molar-refractivity contribution in [2.45, 2.75) is 58.7 Å². The van der Waals surface area contributed by atoms with Crippen molar-refractivity contribution in [3.05, 3.63) is 35.9 Å². The summed E-state index contributed by atoms with van der Waals surface area (Å²) in [7, 11) is 0. The van der Waals surface area contributed by atoms with Crippen LogP contribution in [0.5, 0.6) is 0 Å². The molecule has 266 valence electrons. The van der Waals surface area contributed by atoms with Crippen LogP contribution < -0.4 is 21.3 Å². The van der Waals surface area contributed by atoms with E-state index in [-0.39, 0.29) is 50.0 Å². The number of rotatable bonds is 26. The minimum atomic E-state index is -0.575. The van der Waals surface area contributed by atoms with E-state index < -0.39 is 17.7 Å². The molecule has 0 saturated carbocycles. The van der Waals surface area contributed by atoms with E-state index in [0.29, 0.717) is 79.0 Å². The number of carbonyl (C=O) groups excluding carboxylic acids is 5. The van der Waals surface area contributed by atoms with Crippen LogP contribution in [0.15, 0.2) is 30.3 Å². The summed E-state index contributed by atoms with van der Waals surface area (Å²) in [6.45, 7) is 9.28. The standard InChI is InChI=1S/C32H52N4O11/c1-32(2,3)47-30(40)12-11-29(39)35-15-19-44-22-21-42-17-13-33-27(37)9-10-28(38)34-14-18-43-23-24-45-20-16-36-31(41)46-25-26-7-5-4-6-8-26/h4-8H,9-25H2,1-3H3,(H,33,37)(H,34,38)(H,35,39)(H,36,41). The molecule has 15 heteroatoms. The molecule has 1 rings (SSSR count). The fourth-order valence-electron chi connectivity index (χ4n) is 3.53. The maximum Gasteiger partial charge on any atom is 0.407 e. The number of alkyl carbamates (subject to hydrolysis) is 1. The van der Waals surface area contributed by atoms with Crippen LogP contribution in [0, 0.1) is 0 Å². The van der Waals surface area contributed by atoms with E-state index >= 15 is 0 Å². The minimum Gasteiger partial charge on any atom is -0.460 e. The van der Waals surface area contributed by atoms with Gasteiger partial charge in [-0.25, -0.2) is 4.79 Å². The lowest BCUT2D eigenvalue weighted by molar-refractivity contribution is -0.155. The van der Waals surface area contributed by atoms with Crippen LogP contribution in [0.4, 0.5) is 4.79 Å². The van der Waals surface area contributed by atoms with Gasteiger partial charge >= 0.3 is 12.1 Å². The predicted molar refractivity (Wildman–Crippen MR) is 171 cm³/mol. The van der Waals surface area contributed by atoms with E-state index in [2.05, 4.69) is 21.3 Å². The van der Waals surface area contributed by atoms with E-state index in [4.69, 9.17) is 28.4 Å². The van der Waals surface area contributed by atoms with Crippen molar-refractivity contribution in [1.82, 2.24) is 21.3 Å². The summed E-state index contributed by atoms with van der Waals surface area (Å²) >= 11 is 0. The molecule has 47 heavy (non-hydrogen) atoms. The smallest absolute Gasteiger partial charge is 0.407 e. The number of benzene rings is 1. The van der Waals surface area contributed by atoms with Crippen molar-refractivity contribution in [3.8, 4) is 0 Å². The highest BCUT2D eigenvalue weighted by atomic mass is 16.6. The largest absolute Gasteiger partial charge is 0.460 e. The molecule has 0 spiro atoms. The van der Waals surface area contributed by atoms with E-state index in [1.54, 1.807) is 20.8 Å². The highest BCUT2D eigenvalue weighted by Gasteiger charge is 2.17. The Hall–Kier alpha value is -3.79. The van der Waals surface area contributed by atoms with Gasteiger partial charge in [0.25, 0.3) is 0 Å². The molecule has 15 nitrogen and oxygen atoms in total. The Kier molecular flexibility index (Phi) is 23.1. The topological polar surface area (TPSA) is 189 Å². The molecular weight excluding hydrogens is 616 g/mol. The first-order chi connectivity index (χ1) is 22.5. The zero-order valence-corrected chi connectivity index (χ0v) is 27.9. The Morgan fingerprint density at radius 1 is 0.553 bits per heavy atom. The first kappa shape index (κ1) is 41.2. The van der Waals surface area contributed by atoms with Crippen molar-refractivity contribution in [2.24, 2.45) is 0 Å². The van der Waals surface area contributed by atoms with E-state index in [0.717, 1.165) is 5.56 Å². The Morgan fingerprint density at radius 2 is 0.957 bits per heavy atom. The van der Waals surface area contributed by atoms with Crippen molar-refractivity contribution in [3.63, 3.8) is 0 Å². The zero-order valence-electron chi connectivity index (χ0n) is 27.9. The molecule has 0 saturated heterocycles. The summed E-state index contributed by atoms with van der Waals surface area (Å²) in [5, 5.41) is 10.6. The van der Waals surface area contributed by atoms with Gasteiger partial charge in [-0.15, -0.1) is 0 Å². The summed E-state index contributed by atoms with van der Waals surface area (Å²) in [5.41, 5.74) is 0.332. The minimum absolute atomic E-state index is 0.0222. The Bertz CT molecular complexity index is 1040. The molecule has 0 radical (unpaired) electrons. The van der Waals surface area contributed by atoms with Crippen molar-refractivity contribution in [1.29, 1.82) is 0 Å². The molecule has 0 heterocycles. The molecule has 4 amide bonds. The molecule has 0 unspecified atom stereocenters. The van der Waals surface area contributed by atoms with Crippen molar-refractivity contribution < 1.29 is 52.4 Å². The van der Waals surface area contributed by atoms with Crippen molar-refractivity contribution >= 4 is 29.8 Å². The van der Waals surface area contributed by atoms with Gasteiger partial charge < -0.3 is 49.7 Å². The molecule has 0 atom stereocenters. The number of hydrogen-bond acceptors (Lipinski definition) is 11. The van der Waals surface area contributed by atoms with Crippen molar-refractivity contribution in [2.75, 3.05) is 79.0 Å². The molecule has 1 aromatic rings. The SMILES string of the molecule is CC(C)(C)OC(=O)CCC(=O)NCCOCCOCCNC(=O)CCC(=O)NCCOCCOCCNC(=O)OCc1ccccc1. The van der Waals surface area contributed by atoms with Gasteiger partial charge in [0.05, 0.1) is 59.3 Å². The average Bonchev–Trinajstić information content (AvgIpc) is 3.03. The number of nitrogens with one attached hydrogen (secondary N) is 4. The summed E-state index contributed by atoms with van der Waals surface area (Å²) in [4.78, 5) is 58.8. The van der Waals surface area contributed by atoms with E-state index in [9.17, 15) is 24.0 Å². The lowest BCUT2D eigenvalue weighted by Crippen LogP contribution is -2.31.